The minimum absolute atomic E-state index is 0.0799. The predicted octanol–water partition coefficient (Wildman–Crippen LogP) is 2.98. The molecule has 3 N–H and O–H groups in total. The second-order valence-corrected chi connectivity index (χ2v) is 7.92. The van der Waals surface area contributed by atoms with Crippen LogP contribution in [0.4, 0.5) is 0 Å². The molecule has 1 heterocycles. The van der Waals surface area contributed by atoms with Gasteiger partial charge in [0.05, 0.1) is 0 Å². The molecule has 0 aliphatic carbocycles. The van der Waals surface area contributed by atoms with Crippen LogP contribution < -0.4 is 5.73 Å². The summed E-state index contributed by atoms with van der Waals surface area (Å²) in [6, 6.07) is 18.7. The minimum atomic E-state index is -1.31. The molecule has 0 amide bonds. The second-order valence-electron chi connectivity index (χ2n) is 7.92. The zero-order valence-electron chi connectivity index (χ0n) is 19.1. The molecule has 3 rings (SSSR count). The molecule has 2 atom stereocenters. The average Bonchev–Trinajstić information content (AvgIpc) is 3.19. The number of rotatable bonds is 14. The Morgan fingerprint density at radius 2 is 1.56 bits per heavy atom. The molecule has 1 aliphatic heterocycles. The van der Waals surface area contributed by atoms with Gasteiger partial charge in [-0.1, -0.05) is 67.1 Å². The highest BCUT2D eigenvalue weighted by atomic mass is 16.6. The van der Waals surface area contributed by atoms with Crippen LogP contribution in [0.3, 0.4) is 0 Å². The summed E-state index contributed by atoms with van der Waals surface area (Å²) in [5, 5.41) is 10.7. The summed E-state index contributed by atoms with van der Waals surface area (Å²) in [7, 11) is 0. The zero-order chi connectivity index (χ0) is 24.2. The molecule has 0 radical (unpaired) electrons. The van der Waals surface area contributed by atoms with Gasteiger partial charge >= 0.3 is 11.9 Å². The number of hydrogen-bond acceptors (Lipinski definition) is 8. The number of carbonyl (C=O) groups excluding carboxylic acids is 2. The number of carbonyl (C=O) groups is 2. The summed E-state index contributed by atoms with van der Waals surface area (Å²) in [6.45, 7) is 0.518. The van der Waals surface area contributed by atoms with Gasteiger partial charge in [-0.2, -0.15) is 0 Å². The molecular formula is C26H31NO7. The molecule has 2 aromatic carbocycles. The highest BCUT2D eigenvalue weighted by molar-refractivity contribution is 5.89. The molecule has 0 spiro atoms. The van der Waals surface area contributed by atoms with E-state index in [1.54, 1.807) is 0 Å². The fraction of sp³-hybridized carbons (Fsp3) is 0.385. The van der Waals surface area contributed by atoms with Crippen LogP contribution in [0, 0.1) is 0 Å². The first-order valence-corrected chi connectivity index (χ1v) is 11.4. The van der Waals surface area contributed by atoms with Gasteiger partial charge in [-0.25, -0.2) is 4.79 Å². The molecule has 0 aromatic heterocycles. The van der Waals surface area contributed by atoms with E-state index in [4.69, 9.17) is 24.7 Å². The van der Waals surface area contributed by atoms with E-state index in [2.05, 4.69) is 0 Å². The number of ether oxygens (including phenoxy) is 4. The lowest BCUT2D eigenvalue weighted by atomic mass is 10.1. The van der Waals surface area contributed by atoms with Crippen LogP contribution in [-0.4, -0.2) is 42.4 Å². The van der Waals surface area contributed by atoms with Crippen molar-refractivity contribution < 1.29 is 33.6 Å². The first-order valence-electron chi connectivity index (χ1n) is 11.4. The van der Waals surface area contributed by atoms with Crippen molar-refractivity contribution in [2.75, 3.05) is 13.2 Å². The molecule has 34 heavy (non-hydrogen) atoms. The fourth-order valence-corrected chi connectivity index (χ4v) is 3.38. The number of unbranched alkanes of at least 4 members (excludes halogenated alkanes) is 2. The van der Waals surface area contributed by atoms with Crippen molar-refractivity contribution in [1.29, 1.82) is 0 Å². The maximum Gasteiger partial charge on any atom is 0.378 e. The molecule has 0 saturated carbocycles. The van der Waals surface area contributed by atoms with Gasteiger partial charge in [0.1, 0.15) is 25.9 Å². The van der Waals surface area contributed by atoms with E-state index in [0.717, 1.165) is 24.0 Å². The van der Waals surface area contributed by atoms with E-state index in [0.29, 0.717) is 13.0 Å². The van der Waals surface area contributed by atoms with Gasteiger partial charge in [0.25, 0.3) is 0 Å². The summed E-state index contributed by atoms with van der Waals surface area (Å²) in [5.41, 5.74) is 7.18. The number of hydrogen-bond donors (Lipinski definition) is 2. The maximum absolute atomic E-state index is 12.6. The monoisotopic (exact) mass is 469 g/mol. The number of benzene rings is 2. The minimum Gasteiger partial charge on any atom is -0.485 e. The summed E-state index contributed by atoms with van der Waals surface area (Å²) < 4.78 is 22.2. The Labute approximate surface area is 199 Å². The van der Waals surface area contributed by atoms with Crippen LogP contribution in [0.2, 0.25) is 0 Å². The van der Waals surface area contributed by atoms with Crippen molar-refractivity contribution in [2.45, 2.75) is 51.1 Å². The third kappa shape index (κ3) is 7.60. The largest absolute Gasteiger partial charge is 0.485 e. The Morgan fingerprint density at radius 3 is 2.18 bits per heavy atom. The quantitative estimate of drug-likeness (QED) is 0.320. The molecule has 8 nitrogen and oxygen atoms in total. The third-order valence-electron chi connectivity index (χ3n) is 5.21. The van der Waals surface area contributed by atoms with Crippen LogP contribution in [0.1, 0.15) is 36.8 Å². The third-order valence-corrected chi connectivity index (χ3v) is 5.21. The van der Waals surface area contributed by atoms with Gasteiger partial charge in [-0.05, 0) is 30.5 Å². The summed E-state index contributed by atoms with van der Waals surface area (Å²) >= 11 is 0. The van der Waals surface area contributed by atoms with E-state index in [-0.39, 0.29) is 37.8 Å². The number of aliphatic hydroxyl groups is 1. The lowest BCUT2D eigenvalue weighted by Crippen LogP contribution is -2.34. The maximum atomic E-state index is 12.6. The summed E-state index contributed by atoms with van der Waals surface area (Å²) in [4.78, 5) is 24.5. The Balaban J connectivity index is 1.66. The van der Waals surface area contributed by atoms with Crippen molar-refractivity contribution in [1.82, 2.24) is 0 Å². The fourth-order valence-electron chi connectivity index (χ4n) is 3.38. The molecule has 182 valence electrons. The highest BCUT2D eigenvalue weighted by Crippen LogP contribution is 2.29. The lowest BCUT2D eigenvalue weighted by Gasteiger charge is -2.20. The molecule has 0 fully saturated rings. The molecule has 0 unspecified atom stereocenters. The first kappa shape index (κ1) is 25.3. The molecule has 2 aromatic rings. The van der Waals surface area contributed by atoms with E-state index in [9.17, 15) is 14.7 Å². The van der Waals surface area contributed by atoms with Crippen LogP contribution in [0.15, 0.2) is 72.2 Å². The van der Waals surface area contributed by atoms with E-state index < -0.39 is 24.1 Å². The molecule has 0 bridgehead atoms. The summed E-state index contributed by atoms with van der Waals surface area (Å²) in [5.74, 6) is -1.19. The van der Waals surface area contributed by atoms with Gasteiger partial charge in [-0.3, -0.25) is 4.79 Å². The van der Waals surface area contributed by atoms with Crippen molar-refractivity contribution in [3.63, 3.8) is 0 Å². The number of aliphatic hydroxyl groups excluding tert-OH is 1. The Hall–Kier alpha value is -3.36. The first-order chi connectivity index (χ1) is 16.6. The Morgan fingerprint density at radius 1 is 0.941 bits per heavy atom. The van der Waals surface area contributed by atoms with E-state index >= 15 is 0 Å². The number of nitrogens with two attached hydrogens (primary N) is 1. The van der Waals surface area contributed by atoms with Crippen molar-refractivity contribution in [2.24, 2.45) is 5.73 Å². The van der Waals surface area contributed by atoms with Gasteiger partial charge in [0, 0.05) is 6.42 Å². The van der Waals surface area contributed by atoms with Crippen molar-refractivity contribution in [3.05, 3.63) is 83.3 Å². The second kappa shape index (κ2) is 13.4. The standard InChI is InChI=1S/C26H31NO7/c27-15-9-3-8-14-22(29)31-18-21(28)23-24(32-16-19-10-4-1-5-11-19)25(26(30)34-23)33-17-20-12-6-2-7-13-20/h1-2,4-7,10-13,21,23,28H,3,8-9,14-18,27H2/t21-,23+/m0/s1. The number of esters is 2. The van der Waals surface area contributed by atoms with Crippen LogP contribution in [0.25, 0.3) is 0 Å². The smallest absolute Gasteiger partial charge is 0.378 e. The normalized spacial score (nSPS) is 16.2. The van der Waals surface area contributed by atoms with Crippen LogP contribution in [-0.2, 0) is 41.8 Å². The molecule has 1 aliphatic rings. The van der Waals surface area contributed by atoms with Crippen molar-refractivity contribution >= 4 is 11.9 Å². The van der Waals surface area contributed by atoms with Crippen LogP contribution in [0.5, 0.6) is 0 Å². The SMILES string of the molecule is NCCCCCC(=O)OC[C@H](O)[C@H]1OC(=O)C(OCc2ccccc2)=C1OCc1ccccc1. The van der Waals surface area contributed by atoms with Gasteiger partial charge in [-0.15, -0.1) is 0 Å². The Bertz CT molecular complexity index is 946. The number of cyclic esters (lactones) is 1. The van der Waals surface area contributed by atoms with Gasteiger partial charge < -0.3 is 29.8 Å². The molecule has 0 saturated heterocycles. The van der Waals surface area contributed by atoms with Crippen LogP contribution >= 0.6 is 0 Å². The Kier molecular flexibility index (Phi) is 9.94. The lowest BCUT2D eigenvalue weighted by molar-refractivity contribution is -0.155. The van der Waals surface area contributed by atoms with Gasteiger partial charge in [0.15, 0.2) is 11.9 Å². The van der Waals surface area contributed by atoms with E-state index in [1.165, 1.54) is 0 Å². The predicted molar refractivity (Wildman–Crippen MR) is 124 cm³/mol. The topological polar surface area (TPSA) is 117 Å². The average molecular weight is 470 g/mol. The highest BCUT2D eigenvalue weighted by Gasteiger charge is 2.42. The van der Waals surface area contributed by atoms with E-state index in [1.807, 2.05) is 60.7 Å². The molecular weight excluding hydrogens is 438 g/mol. The molecule has 8 heteroatoms. The van der Waals surface area contributed by atoms with Crippen molar-refractivity contribution in [3.8, 4) is 0 Å². The summed E-state index contributed by atoms with van der Waals surface area (Å²) in [6.07, 6.45) is 0.111. The zero-order valence-corrected chi connectivity index (χ0v) is 19.1. The van der Waals surface area contributed by atoms with Gasteiger partial charge in [0.2, 0.25) is 5.76 Å².